The second-order valence-electron chi connectivity index (χ2n) is 3.29. The van der Waals surface area contributed by atoms with Crippen LogP contribution in [0.15, 0.2) is 10.9 Å². The molecule has 0 aliphatic heterocycles. The Balaban J connectivity index is 1.78. The smallest absolute Gasteiger partial charge is 0.227 e. The normalized spacial score (nSPS) is 10.8. The summed E-state index contributed by atoms with van der Waals surface area (Å²) in [5.74, 6) is 0.670. The molecule has 0 radical (unpaired) electrons. The summed E-state index contributed by atoms with van der Waals surface area (Å²) in [6, 6.07) is 0. The first-order valence-electron chi connectivity index (χ1n) is 5.46. The lowest BCUT2D eigenvalue weighted by Gasteiger charge is -2.04. The predicted octanol–water partition coefficient (Wildman–Crippen LogP) is 0.255. The average Bonchev–Trinajstić information content (AvgIpc) is 2.80. The molecule has 1 aromatic heterocycles. The first kappa shape index (κ1) is 13.1. The molecule has 0 amide bonds. The molecule has 1 rings (SSSR count). The van der Waals surface area contributed by atoms with Crippen molar-refractivity contribution in [2.75, 3.05) is 40.0 Å². The fourth-order valence-corrected chi connectivity index (χ4v) is 1.17. The van der Waals surface area contributed by atoms with Crippen LogP contribution < -0.4 is 5.32 Å². The molecule has 92 valence electrons. The molecule has 0 bridgehead atoms. The topological polar surface area (TPSA) is 69.4 Å². The van der Waals surface area contributed by atoms with Crippen molar-refractivity contribution >= 4 is 0 Å². The van der Waals surface area contributed by atoms with Gasteiger partial charge in [-0.1, -0.05) is 5.16 Å². The van der Waals surface area contributed by atoms with E-state index < -0.39 is 0 Å². The van der Waals surface area contributed by atoms with Crippen LogP contribution in [0.2, 0.25) is 0 Å². The number of hydrogen-bond acceptors (Lipinski definition) is 6. The first-order valence-corrected chi connectivity index (χ1v) is 5.46. The van der Waals surface area contributed by atoms with Crippen molar-refractivity contribution in [1.82, 2.24) is 15.5 Å². The molecular formula is C10H19N3O3. The lowest BCUT2D eigenvalue weighted by molar-refractivity contribution is 0.0695. The molecule has 6 nitrogen and oxygen atoms in total. The Bertz CT molecular complexity index is 241. The van der Waals surface area contributed by atoms with E-state index >= 15 is 0 Å². The number of hydrogen-bond donors (Lipinski definition) is 1. The second-order valence-corrected chi connectivity index (χ2v) is 3.29. The highest BCUT2D eigenvalue weighted by atomic mass is 16.5. The Morgan fingerprint density at radius 2 is 2.25 bits per heavy atom. The summed E-state index contributed by atoms with van der Waals surface area (Å²) in [5, 5.41) is 6.81. The van der Waals surface area contributed by atoms with Gasteiger partial charge in [0.25, 0.3) is 0 Å². The van der Waals surface area contributed by atoms with Crippen molar-refractivity contribution in [2.45, 2.75) is 12.8 Å². The average molecular weight is 229 g/mol. The van der Waals surface area contributed by atoms with Gasteiger partial charge in [-0.2, -0.15) is 4.98 Å². The van der Waals surface area contributed by atoms with Crippen molar-refractivity contribution in [1.29, 1.82) is 0 Å². The molecule has 0 saturated carbocycles. The monoisotopic (exact) mass is 229 g/mol. The number of nitrogens with zero attached hydrogens (tertiary/aromatic N) is 2. The molecule has 0 aromatic carbocycles. The molecule has 0 fully saturated rings. The van der Waals surface area contributed by atoms with Gasteiger partial charge in [0, 0.05) is 26.7 Å². The van der Waals surface area contributed by atoms with Gasteiger partial charge in [-0.15, -0.1) is 0 Å². The van der Waals surface area contributed by atoms with Crippen LogP contribution in [-0.4, -0.2) is 50.2 Å². The lowest BCUT2D eigenvalue weighted by Crippen LogP contribution is -2.20. The SMILES string of the molecule is COCCOCCCNCCc1ncno1. The number of rotatable bonds is 10. The van der Waals surface area contributed by atoms with E-state index in [9.17, 15) is 0 Å². The first-order chi connectivity index (χ1) is 7.93. The van der Waals surface area contributed by atoms with Crippen LogP contribution in [0, 0.1) is 0 Å². The minimum absolute atomic E-state index is 0.657. The van der Waals surface area contributed by atoms with Crippen molar-refractivity contribution in [2.24, 2.45) is 0 Å². The van der Waals surface area contributed by atoms with Gasteiger partial charge in [0.15, 0.2) is 6.33 Å². The molecular weight excluding hydrogens is 210 g/mol. The Morgan fingerprint density at radius 1 is 1.31 bits per heavy atom. The molecule has 0 aliphatic rings. The highest BCUT2D eigenvalue weighted by molar-refractivity contribution is 4.74. The second kappa shape index (κ2) is 9.26. The van der Waals surface area contributed by atoms with Crippen molar-refractivity contribution in [3.63, 3.8) is 0 Å². The van der Waals surface area contributed by atoms with Gasteiger partial charge < -0.3 is 19.3 Å². The van der Waals surface area contributed by atoms with Crippen LogP contribution in [0.4, 0.5) is 0 Å². The van der Waals surface area contributed by atoms with Gasteiger partial charge in [0.2, 0.25) is 5.89 Å². The van der Waals surface area contributed by atoms with Crippen LogP contribution in [0.1, 0.15) is 12.3 Å². The highest BCUT2D eigenvalue weighted by Gasteiger charge is 1.97. The summed E-state index contributed by atoms with van der Waals surface area (Å²) in [6.07, 6.45) is 3.18. The fraction of sp³-hybridized carbons (Fsp3) is 0.800. The number of nitrogens with one attached hydrogen (secondary N) is 1. The molecule has 6 heteroatoms. The Kier molecular flexibility index (Phi) is 7.57. The Morgan fingerprint density at radius 3 is 3.00 bits per heavy atom. The summed E-state index contributed by atoms with van der Waals surface area (Å²) in [4.78, 5) is 3.93. The molecule has 0 aliphatic carbocycles. The molecule has 16 heavy (non-hydrogen) atoms. The Labute approximate surface area is 95.3 Å². The molecule has 1 aromatic rings. The lowest BCUT2D eigenvalue weighted by atomic mass is 10.4. The maximum Gasteiger partial charge on any atom is 0.227 e. The van der Waals surface area contributed by atoms with E-state index in [0.29, 0.717) is 19.1 Å². The van der Waals surface area contributed by atoms with E-state index in [-0.39, 0.29) is 0 Å². The van der Waals surface area contributed by atoms with Gasteiger partial charge >= 0.3 is 0 Å². The summed E-state index contributed by atoms with van der Waals surface area (Å²) < 4.78 is 15.1. The largest absolute Gasteiger partial charge is 0.382 e. The zero-order valence-corrected chi connectivity index (χ0v) is 9.65. The molecule has 0 atom stereocenters. The fourth-order valence-electron chi connectivity index (χ4n) is 1.17. The molecule has 0 unspecified atom stereocenters. The molecule has 1 N–H and O–H groups in total. The van der Waals surface area contributed by atoms with Crippen molar-refractivity contribution in [3.8, 4) is 0 Å². The van der Waals surface area contributed by atoms with Gasteiger partial charge in [-0.05, 0) is 13.0 Å². The third-order valence-electron chi connectivity index (χ3n) is 2.00. The van der Waals surface area contributed by atoms with Crippen LogP contribution in [0.3, 0.4) is 0 Å². The molecule has 0 spiro atoms. The summed E-state index contributed by atoms with van der Waals surface area (Å²) in [6.45, 7) is 3.86. The van der Waals surface area contributed by atoms with Crippen molar-refractivity contribution in [3.05, 3.63) is 12.2 Å². The standard InChI is InChI=1S/C10H19N3O3/c1-14-7-8-15-6-2-4-11-5-3-10-12-9-13-16-10/h9,11H,2-8H2,1H3. The number of methoxy groups -OCH3 is 1. The highest BCUT2D eigenvalue weighted by Crippen LogP contribution is 1.90. The minimum Gasteiger partial charge on any atom is -0.382 e. The quantitative estimate of drug-likeness (QED) is 0.580. The summed E-state index contributed by atoms with van der Waals surface area (Å²) in [5.41, 5.74) is 0. The van der Waals surface area contributed by atoms with Crippen LogP contribution in [0.25, 0.3) is 0 Å². The maximum absolute atomic E-state index is 5.32. The number of aromatic nitrogens is 2. The van der Waals surface area contributed by atoms with Crippen LogP contribution >= 0.6 is 0 Å². The summed E-state index contributed by atoms with van der Waals surface area (Å²) >= 11 is 0. The number of ether oxygens (including phenoxy) is 2. The predicted molar refractivity (Wildman–Crippen MR) is 58.2 cm³/mol. The zero-order valence-electron chi connectivity index (χ0n) is 9.65. The van der Waals surface area contributed by atoms with E-state index in [0.717, 1.165) is 32.5 Å². The third kappa shape index (κ3) is 6.49. The van der Waals surface area contributed by atoms with Crippen molar-refractivity contribution < 1.29 is 14.0 Å². The van der Waals surface area contributed by atoms with Crippen LogP contribution in [-0.2, 0) is 15.9 Å². The van der Waals surface area contributed by atoms with E-state index in [2.05, 4.69) is 15.5 Å². The Hall–Kier alpha value is -0.980. The van der Waals surface area contributed by atoms with Gasteiger partial charge in [0.05, 0.1) is 13.2 Å². The molecule has 1 heterocycles. The van der Waals surface area contributed by atoms with E-state index in [1.54, 1.807) is 7.11 Å². The third-order valence-corrected chi connectivity index (χ3v) is 2.00. The minimum atomic E-state index is 0.657. The van der Waals surface area contributed by atoms with Crippen LogP contribution in [0.5, 0.6) is 0 Å². The summed E-state index contributed by atoms with van der Waals surface area (Å²) in [7, 11) is 1.67. The van der Waals surface area contributed by atoms with E-state index in [1.807, 2.05) is 0 Å². The van der Waals surface area contributed by atoms with Gasteiger partial charge in [-0.3, -0.25) is 0 Å². The zero-order chi connectivity index (χ0) is 11.5. The van der Waals surface area contributed by atoms with Gasteiger partial charge in [0.1, 0.15) is 0 Å². The van der Waals surface area contributed by atoms with Gasteiger partial charge in [-0.25, -0.2) is 0 Å². The van der Waals surface area contributed by atoms with E-state index in [1.165, 1.54) is 6.33 Å². The van der Waals surface area contributed by atoms with E-state index in [4.69, 9.17) is 14.0 Å². The maximum atomic E-state index is 5.32. The molecule has 0 saturated heterocycles.